The molecule has 0 bridgehead atoms. The summed E-state index contributed by atoms with van der Waals surface area (Å²) in [5.74, 6) is 0.869. The lowest BCUT2D eigenvalue weighted by Gasteiger charge is -1.97. The fourth-order valence-electron chi connectivity index (χ4n) is 2.21. The maximum atomic E-state index is 6.09. The van der Waals surface area contributed by atoms with Gasteiger partial charge in [-0.25, -0.2) is 4.98 Å². The third-order valence-electron chi connectivity index (χ3n) is 3.51. The van der Waals surface area contributed by atoms with E-state index in [1.54, 1.807) is 11.3 Å². The summed E-state index contributed by atoms with van der Waals surface area (Å²) in [5, 5.41) is 0.837. The summed E-state index contributed by atoms with van der Waals surface area (Å²) in [4.78, 5) is 9.33. The molecular formula is C15H17N3S. The number of rotatable bonds is 2. The molecule has 0 aliphatic heterocycles. The molecule has 0 aliphatic carbocycles. The molecule has 0 aliphatic rings. The standard InChI is InChI=1S/C15H17N3S/c1-4-10-7-11(14(16)19-10)15-17-12-5-8(2)9(3)6-13(12)18-15/h5-7H,4,16H2,1-3H3,(H,17,18). The Bertz CT molecular complexity index is 713. The Labute approximate surface area is 116 Å². The second kappa shape index (κ2) is 4.38. The number of anilines is 1. The van der Waals surface area contributed by atoms with Gasteiger partial charge < -0.3 is 10.7 Å². The largest absolute Gasteiger partial charge is 0.390 e. The predicted molar refractivity (Wildman–Crippen MR) is 82.7 cm³/mol. The fourth-order valence-corrected chi connectivity index (χ4v) is 3.08. The molecule has 2 aromatic heterocycles. The average molecular weight is 271 g/mol. The van der Waals surface area contributed by atoms with Gasteiger partial charge in [0.25, 0.3) is 0 Å². The van der Waals surface area contributed by atoms with E-state index in [1.165, 1.54) is 16.0 Å². The van der Waals surface area contributed by atoms with Gasteiger partial charge in [0.1, 0.15) is 5.82 Å². The summed E-state index contributed by atoms with van der Waals surface area (Å²) in [6, 6.07) is 6.40. The number of hydrogen-bond acceptors (Lipinski definition) is 3. The van der Waals surface area contributed by atoms with E-state index in [4.69, 9.17) is 5.73 Å². The normalized spacial score (nSPS) is 11.3. The van der Waals surface area contributed by atoms with Crippen LogP contribution in [0.1, 0.15) is 22.9 Å². The molecule has 3 rings (SSSR count). The third-order valence-corrected chi connectivity index (χ3v) is 4.62. The van der Waals surface area contributed by atoms with E-state index in [-0.39, 0.29) is 0 Å². The van der Waals surface area contributed by atoms with Crippen molar-refractivity contribution in [2.24, 2.45) is 0 Å². The first-order chi connectivity index (χ1) is 9.08. The summed E-state index contributed by atoms with van der Waals surface area (Å²) < 4.78 is 0. The number of aromatic nitrogens is 2. The molecule has 0 unspecified atom stereocenters. The van der Waals surface area contributed by atoms with Crippen molar-refractivity contribution in [3.05, 3.63) is 34.2 Å². The zero-order valence-electron chi connectivity index (χ0n) is 11.4. The van der Waals surface area contributed by atoms with Crippen molar-refractivity contribution in [3.63, 3.8) is 0 Å². The Balaban J connectivity index is 2.17. The summed E-state index contributed by atoms with van der Waals surface area (Å²) in [7, 11) is 0. The highest BCUT2D eigenvalue weighted by atomic mass is 32.1. The van der Waals surface area contributed by atoms with Gasteiger partial charge in [-0.2, -0.15) is 0 Å². The molecule has 0 fully saturated rings. The Morgan fingerprint density at radius 2 is 1.95 bits per heavy atom. The molecule has 2 heterocycles. The second-order valence-electron chi connectivity index (χ2n) is 4.88. The molecule has 0 spiro atoms. The number of benzene rings is 1. The number of nitrogen functional groups attached to an aromatic ring is 1. The van der Waals surface area contributed by atoms with Crippen molar-refractivity contribution in [1.29, 1.82) is 0 Å². The van der Waals surface area contributed by atoms with Gasteiger partial charge in [-0.3, -0.25) is 0 Å². The number of nitrogens with one attached hydrogen (secondary N) is 1. The van der Waals surface area contributed by atoms with Gasteiger partial charge in [0.2, 0.25) is 0 Å². The fraction of sp³-hybridized carbons (Fsp3) is 0.267. The average Bonchev–Trinajstić information content (AvgIpc) is 2.93. The SMILES string of the molecule is CCc1cc(-c2nc3cc(C)c(C)cc3[nH]2)c(N)s1. The van der Waals surface area contributed by atoms with E-state index in [0.29, 0.717) is 0 Å². The number of imidazole rings is 1. The van der Waals surface area contributed by atoms with Crippen molar-refractivity contribution < 1.29 is 0 Å². The number of fused-ring (bicyclic) bond motifs is 1. The zero-order valence-corrected chi connectivity index (χ0v) is 12.2. The molecule has 0 saturated heterocycles. The number of H-pyrrole nitrogens is 1. The van der Waals surface area contributed by atoms with Gasteiger partial charge in [0.15, 0.2) is 0 Å². The molecule has 0 saturated carbocycles. The van der Waals surface area contributed by atoms with Gasteiger partial charge in [0, 0.05) is 4.88 Å². The molecule has 0 radical (unpaired) electrons. The topological polar surface area (TPSA) is 54.7 Å². The van der Waals surface area contributed by atoms with Crippen LogP contribution in [0.15, 0.2) is 18.2 Å². The Morgan fingerprint density at radius 3 is 2.63 bits per heavy atom. The van der Waals surface area contributed by atoms with Crippen molar-refractivity contribution in [3.8, 4) is 11.4 Å². The zero-order chi connectivity index (χ0) is 13.6. The quantitative estimate of drug-likeness (QED) is 0.738. The highest BCUT2D eigenvalue weighted by molar-refractivity contribution is 7.16. The van der Waals surface area contributed by atoms with E-state index in [0.717, 1.165) is 33.8 Å². The molecule has 3 N–H and O–H groups in total. The third kappa shape index (κ3) is 2.02. The van der Waals surface area contributed by atoms with E-state index in [9.17, 15) is 0 Å². The van der Waals surface area contributed by atoms with Crippen LogP contribution in [-0.2, 0) is 6.42 Å². The lowest BCUT2D eigenvalue weighted by Crippen LogP contribution is -1.84. The molecular weight excluding hydrogens is 254 g/mol. The second-order valence-corrected chi connectivity index (χ2v) is 6.05. The van der Waals surface area contributed by atoms with Crippen molar-refractivity contribution in [1.82, 2.24) is 9.97 Å². The van der Waals surface area contributed by atoms with Crippen LogP contribution >= 0.6 is 11.3 Å². The Morgan fingerprint density at radius 1 is 1.21 bits per heavy atom. The number of aromatic amines is 1. The first kappa shape index (κ1) is 12.2. The number of nitrogens with two attached hydrogens (primary N) is 1. The maximum absolute atomic E-state index is 6.09. The van der Waals surface area contributed by atoms with E-state index < -0.39 is 0 Å². The molecule has 98 valence electrons. The van der Waals surface area contributed by atoms with Gasteiger partial charge in [-0.1, -0.05) is 6.92 Å². The van der Waals surface area contributed by atoms with Gasteiger partial charge >= 0.3 is 0 Å². The van der Waals surface area contributed by atoms with Gasteiger partial charge in [0.05, 0.1) is 21.6 Å². The predicted octanol–water partition coefficient (Wildman–Crippen LogP) is 4.05. The van der Waals surface area contributed by atoms with Gasteiger partial charge in [-0.05, 0) is 49.6 Å². The first-order valence-corrected chi connectivity index (χ1v) is 7.25. The number of aryl methyl sites for hydroxylation is 3. The number of nitrogens with zero attached hydrogens (tertiary/aromatic N) is 1. The lowest BCUT2D eigenvalue weighted by molar-refractivity contribution is 1.18. The van der Waals surface area contributed by atoms with Gasteiger partial charge in [-0.15, -0.1) is 11.3 Å². The Hall–Kier alpha value is -1.81. The van der Waals surface area contributed by atoms with Crippen LogP contribution in [0.5, 0.6) is 0 Å². The minimum absolute atomic E-state index is 0.837. The minimum atomic E-state index is 0.837. The number of thiophene rings is 1. The van der Waals surface area contributed by atoms with Crippen LogP contribution < -0.4 is 5.73 Å². The van der Waals surface area contributed by atoms with Crippen LogP contribution in [0.25, 0.3) is 22.4 Å². The Kier molecular flexibility index (Phi) is 2.82. The molecule has 19 heavy (non-hydrogen) atoms. The molecule has 0 amide bonds. The van der Waals surface area contributed by atoms with Crippen LogP contribution in [0.4, 0.5) is 5.00 Å². The monoisotopic (exact) mass is 271 g/mol. The number of hydrogen-bond donors (Lipinski definition) is 2. The summed E-state index contributed by atoms with van der Waals surface area (Å²) >= 11 is 1.64. The maximum Gasteiger partial charge on any atom is 0.141 e. The first-order valence-electron chi connectivity index (χ1n) is 6.44. The molecule has 3 aromatic rings. The van der Waals surface area contributed by atoms with Crippen LogP contribution in [0, 0.1) is 13.8 Å². The van der Waals surface area contributed by atoms with Crippen LogP contribution in [-0.4, -0.2) is 9.97 Å². The van der Waals surface area contributed by atoms with E-state index in [2.05, 4.69) is 48.9 Å². The highest BCUT2D eigenvalue weighted by Gasteiger charge is 2.12. The molecule has 3 nitrogen and oxygen atoms in total. The lowest BCUT2D eigenvalue weighted by atomic mass is 10.1. The van der Waals surface area contributed by atoms with Crippen molar-refractivity contribution >= 4 is 27.4 Å². The highest BCUT2D eigenvalue weighted by Crippen LogP contribution is 2.33. The van der Waals surface area contributed by atoms with Crippen LogP contribution in [0.3, 0.4) is 0 Å². The summed E-state index contributed by atoms with van der Waals surface area (Å²) in [6.07, 6.45) is 1.01. The summed E-state index contributed by atoms with van der Waals surface area (Å²) in [6.45, 7) is 6.36. The van der Waals surface area contributed by atoms with Crippen LogP contribution in [0.2, 0.25) is 0 Å². The van der Waals surface area contributed by atoms with E-state index >= 15 is 0 Å². The molecule has 0 atom stereocenters. The van der Waals surface area contributed by atoms with E-state index in [1.807, 2.05) is 0 Å². The van der Waals surface area contributed by atoms with Crippen molar-refractivity contribution in [2.75, 3.05) is 5.73 Å². The summed E-state index contributed by atoms with van der Waals surface area (Å²) in [5.41, 5.74) is 11.7. The van der Waals surface area contributed by atoms with Crippen molar-refractivity contribution in [2.45, 2.75) is 27.2 Å². The molecule has 4 heteroatoms. The smallest absolute Gasteiger partial charge is 0.141 e. The minimum Gasteiger partial charge on any atom is -0.390 e. The molecule has 1 aromatic carbocycles.